The first-order valence-electron chi connectivity index (χ1n) is 10.4. The number of carbonyl (C=O) groups is 1. The van der Waals surface area contributed by atoms with Crippen molar-refractivity contribution in [3.05, 3.63) is 53.8 Å². The van der Waals surface area contributed by atoms with E-state index in [2.05, 4.69) is 0 Å². The van der Waals surface area contributed by atoms with Gasteiger partial charge in [-0.15, -0.1) is 0 Å². The molecular weight excluding hydrogens is 421 g/mol. The summed E-state index contributed by atoms with van der Waals surface area (Å²) in [4.78, 5) is 16.7. The Morgan fingerprint density at radius 2 is 1.65 bits per heavy atom. The molecule has 31 heavy (non-hydrogen) atoms. The normalized spacial score (nSPS) is 17.7. The van der Waals surface area contributed by atoms with E-state index < -0.39 is 10.0 Å². The third-order valence-electron chi connectivity index (χ3n) is 5.85. The van der Waals surface area contributed by atoms with Crippen LogP contribution in [0.2, 0.25) is 0 Å². The summed E-state index contributed by atoms with van der Waals surface area (Å²) in [6, 6.07) is 11.1. The molecule has 7 nitrogen and oxygen atoms in total. The smallest absolute Gasteiger partial charge is 0.254 e. The molecule has 4 rings (SSSR count). The van der Waals surface area contributed by atoms with E-state index in [0.29, 0.717) is 50.5 Å². The molecule has 2 aliphatic heterocycles. The Morgan fingerprint density at radius 3 is 2.29 bits per heavy atom. The molecule has 0 N–H and O–H groups in total. The largest absolute Gasteiger partial charge is 0.495 e. The second-order valence-corrected chi connectivity index (χ2v) is 9.61. The van der Waals surface area contributed by atoms with Crippen molar-refractivity contribution in [2.24, 2.45) is 0 Å². The van der Waals surface area contributed by atoms with Crippen LogP contribution in [0.3, 0.4) is 0 Å². The Balaban J connectivity index is 1.52. The second-order valence-electron chi connectivity index (χ2n) is 7.71. The van der Waals surface area contributed by atoms with Crippen molar-refractivity contribution in [2.75, 3.05) is 51.3 Å². The standard InChI is InChI=1S/C22H26FN3O4S/c1-30-20-9-8-17(16-21(20)31(28,29)26-10-4-5-11-26)22(27)25-14-12-24(13-15-25)19-7-3-2-6-18(19)23/h2-3,6-9,16H,4-5,10-15H2,1H3. The highest BCUT2D eigenvalue weighted by Crippen LogP contribution is 2.30. The van der Waals surface area contributed by atoms with Crippen molar-refractivity contribution in [3.63, 3.8) is 0 Å². The molecule has 2 aromatic carbocycles. The van der Waals surface area contributed by atoms with E-state index in [1.807, 2.05) is 4.90 Å². The molecule has 0 unspecified atom stereocenters. The number of nitrogens with zero attached hydrogens (tertiary/aromatic N) is 3. The number of rotatable bonds is 5. The number of anilines is 1. The Morgan fingerprint density at radius 1 is 0.968 bits per heavy atom. The molecule has 2 aliphatic rings. The van der Waals surface area contributed by atoms with Crippen LogP contribution in [-0.2, 0) is 10.0 Å². The Hall–Kier alpha value is -2.65. The number of amides is 1. The van der Waals surface area contributed by atoms with Crippen molar-refractivity contribution in [2.45, 2.75) is 17.7 Å². The van der Waals surface area contributed by atoms with Gasteiger partial charge in [0, 0.05) is 44.8 Å². The van der Waals surface area contributed by atoms with Crippen LogP contribution in [0.4, 0.5) is 10.1 Å². The van der Waals surface area contributed by atoms with E-state index in [1.54, 1.807) is 29.2 Å². The van der Waals surface area contributed by atoms with Crippen molar-refractivity contribution in [3.8, 4) is 5.75 Å². The molecule has 0 bridgehead atoms. The van der Waals surface area contributed by atoms with Gasteiger partial charge in [-0.25, -0.2) is 12.8 Å². The number of para-hydroxylation sites is 1. The highest BCUT2D eigenvalue weighted by molar-refractivity contribution is 7.89. The van der Waals surface area contributed by atoms with Gasteiger partial charge in [-0.1, -0.05) is 12.1 Å². The van der Waals surface area contributed by atoms with Gasteiger partial charge in [0.1, 0.15) is 16.5 Å². The van der Waals surface area contributed by atoms with E-state index in [4.69, 9.17) is 4.74 Å². The number of hydrogen-bond acceptors (Lipinski definition) is 5. The van der Waals surface area contributed by atoms with Gasteiger partial charge >= 0.3 is 0 Å². The Bertz CT molecular complexity index is 1060. The predicted molar refractivity (Wildman–Crippen MR) is 116 cm³/mol. The molecule has 166 valence electrons. The van der Waals surface area contributed by atoms with Gasteiger partial charge in [0.25, 0.3) is 5.91 Å². The Kier molecular flexibility index (Phi) is 6.15. The first-order valence-corrected chi connectivity index (χ1v) is 11.8. The van der Waals surface area contributed by atoms with Crippen LogP contribution in [0.25, 0.3) is 0 Å². The first-order chi connectivity index (χ1) is 14.9. The molecule has 0 aromatic heterocycles. The number of methoxy groups -OCH3 is 1. The summed E-state index contributed by atoms with van der Waals surface area (Å²) in [5, 5.41) is 0. The minimum atomic E-state index is -3.73. The highest BCUT2D eigenvalue weighted by Gasteiger charge is 2.31. The number of ether oxygens (including phenoxy) is 1. The Labute approximate surface area is 182 Å². The monoisotopic (exact) mass is 447 g/mol. The number of piperazine rings is 1. The first kappa shape index (κ1) is 21.6. The van der Waals surface area contributed by atoms with Gasteiger partial charge in [0.05, 0.1) is 12.8 Å². The van der Waals surface area contributed by atoms with Crippen LogP contribution in [0.15, 0.2) is 47.4 Å². The van der Waals surface area contributed by atoms with E-state index in [0.717, 1.165) is 12.8 Å². The van der Waals surface area contributed by atoms with Crippen LogP contribution >= 0.6 is 0 Å². The van der Waals surface area contributed by atoms with Crippen LogP contribution in [-0.4, -0.2) is 69.9 Å². The van der Waals surface area contributed by atoms with Gasteiger partial charge in [0.2, 0.25) is 10.0 Å². The zero-order valence-corrected chi connectivity index (χ0v) is 18.3. The maximum Gasteiger partial charge on any atom is 0.254 e. The number of sulfonamides is 1. The van der Waals surface area contributed by atoms with Crippen LogP contribution < -0.4 is 9.64 Å². The number of carbonyl (C=O) groups excluding carboxylic acids is 1. The maximum absolute atomic E-state index is 14.1. The van der Waals surface area contributed by atoms with Crippen LogP contribution in [0, 0.1) is 5.82 Å². The summed E-state index contributed by atoms with van der Waals surface area (Å²) < 4.78 is 46.9. The molecule has 0 saturated carbocycles. The summed E-state index contributed by atoms with van der Waals surface area (Å²) in [6.07, 6.45) is 1.65. The third-order valence-corrected chi connectivity index (χ3v) is 7.77. The van der Waals surface area contributed by atoms with Gasteiger partial charge in [-0.2, -0.15) is 4.31 Å². The molecule has 2 aromatic rings. The lowest BCUT2D eigenvalue weighted by atomic mass is 10.1. The summed E-state index contributed by atoms with van der Waals surface area (Å²) in [5.74, 6) is -0.296. The average Bonchev–Trinajstić information content (AvgIpc) is 3.35. The highest BCUT2D eigenvalue weighted by atomic mass is 32.2. The summed E-state index contributed by atoms with van der Waals surface area (Å²) in [6.45, 7) is 2.80. The second kappa shape index (κ2) is 8.84. The van der Waals surface area contributed by atoms with Crippen molar-refractivity contribution >= 4 is 21.6 Å². The van der Waals surface area contributed by atoms with E-state index in [-0.39, 0.29) is 22.4 Å². The van der Waals surface area contributed by atoms with Gasteiger partial charge in [-0.3, -0.25) is 4.79 Å². The molecule has 9 heteroatoms. The SMILES string of the molecule is COc1ccc(C(=O)N2CCN(c3ccccc3F)CC2)cc1S(=O)(=O)N1CCCC1. The number of hydrogen-bond donors (Lipinski definition) is 0. The quantitative estimate of drug-likeness (QED) is 0.705. The van der Waals surface area contributed by atoms with Crippen molar-refractivity contribution in [1.82, 2.24) is 9.21 Å². The summed E-state index contributed by atoms with van der Waals surface area (Å²) >= 11 is 0. The van der Waals surface area contributed by atoms with E-state index in [9.17, 15) is 17.6 Å². The van der Waals surface area contributed by atoms with Crippen LogP contribution in [0.1, 0.15) is 23.2 Å². The van der Waals surface area contributed by atoms with E-state index >= 15 is 0 Å². The predicted octanol–water partition coefficient (Wildman–Crippen LogP) is 2.58. The molecule has 0 spiro atoms. The molecule has 1 amide bonds. The van der Waals surface area contributed by atoms with Gasteiger partial charge in [0.15, 0.2) is 0 Å². The molecule has 2 saturated heterocycles. The lowest BCUT2D eigenvalue weighted by molar-refractivity contribution is 0.0746. The molecule has 0 atom stereocenters. The fourth-order valence-electron chi connectivity index (χ4n) is 4.12. The van der Waals surface area contributed by atoms with E-state index in [1.165, 1.54) is 29.6 Å². The molecule has 0 radical (unpaired) electrons. The summed E-state index contributed by atoms with van der Waals surface area (Å²) in [5.41, 5.74) is 0.830. The average molecular weight is 448 g/mol. The fraction of sp³-hybridized carbons (Fsp3) is 0.409. The molecule has 2 fully saturated rings. The molecule has 0 aliphatic carbocycles. The molecular formula is C22H26FN3O4S. The third kappa shape index (κ3) is 4.24. The fourth-order valence-corrected chi connectivity index (χ4v) is 5.82. The lowest BCUT2D eigenvalue weighted by Crippen LogP contribution is -2.49. The zero-order valence-electron chi connectivity index (χ0n) is 17.5. The van der Waals surface area contributed by atoms with Gasteiger partial charge < -0.3 is 14.5 Å². The topological polar surface area (TPSA) is 70.2 Å². The van der Waals surface area contributed by atoms with Gasteiger partial charge in [-0.05, 0) is 43.2 Å². The molecule has 2 heterocycles. The van der Waals surface area contributed by atoms with Crippen molar-refractivity contribution in [1.29, 1.82) is 0 Å². The lowest BCUT2D eigenvalue weighted by Gasteiger charge is -2.36. The minimum absolute atomic E-state index is 0.0211. The number of halogens is 1. The zero-order chi connectivity index (χ0) is 22.0. The summed E-state index contributed by atoms with van der Waals surface area (Å²) in [7, 11) is -2.31. The number of benzene rings is 2. The maximum atomic E-state index is 14.1. The minimum Gasteiger partial charge on any atom is -0.495 e. The van der Waals surface area contributed by atoms with Crippen LogP contribution in [0.5, 0.6) is 5.75 Å². The van der Waals surface area contributed by atoms with Crippen molar-refractivity contribution < 1.29 is 22.3 Å².